The molecule has 9 heteroatoms. The van der Waals surface area contributed by atoms with Crippen molar-refractivity contribution >= 4 is 39.8 Å². The highest BCUT2D eigenvalue weighted by atomic mass is 127. The van der Waals surface area contributed by atoms with Gasteiger partial charge in [0.2, 0.25) is 0 Å². The molecule has 2 fully saturated rings. The van der Waals surface area contributed by atoms with Crippen molar-refractivity contribution in [1.82, 2.24) is 15.1 Å². The van der Waals surface area contributed by atoms with Crippen LogP contribution in [-0.2, 0) is 20.3 Å². The first-order chi connectivity index (χ1) is 13.6. The fourth-order valence-electron chi connectivity index (χ4n) is 3.90. The number of nitrogens with one attached hydrogen (secondary N) is 1. The first kappa shape index (κ1) is 24.4. The highest BCUT2D eigenvalue weighted by Gasteiger charge is 2.30. The van der Waals surface area contributed by atoms with Gasteiger partial charge in [-0.3, -0.25) is 9.89 Å². The topological polar surface area (TPSA) is 74.2 Å². The molecule has 29 heavy (non-hydrogen) atoms. The third kappa shape index (κ3) is 7.69. The number of ether oxygens (including phenoxy) is 1. The van der Waals surface area contributed by atoms with Gasteiger partial charge >= 0.3 is 0 Å². The van der Waals surface area contributed by atoms with E-state index in [0.717, 1.165) is 57.3 Å². The second-order valence-electron chi connectivity index (χ2n) is 7.44. The van der Waals surface area contributed by atoms with Gasteiger partial charge in [-0.1, -0.05) is 30.3 Å². The molecule has 164 valence electrons. The molecule has 1 N–H and O–H groups in total. The summed E-state index contributed by atoms with van der Waals surface area (Å²) in [5.74, 6) is 1.16. The molecule has 1 unspecified atom stereocenters. The monoisotopic (exact) mass is 536 g/mol. The van der Waals surface area contributed by atoms with E-state index in [1.54, 1.807) is 7.05 Å². The van der Waals surface area contributed by atoms with Crippen LogP contribution in [0.3, 0.4) is 0 Å². The van der Waals surface area contributed by atoms with Crippen molar-refractivity contribution in [3.63, 3.8) is 0 Å². The van der Waals surface area contributed by atoms with E-state index in [9.17, 15) is 8.42 Å². The van der Waals surface area contributed by atoms with Crippen LogP contribution in [0.5, 0.6) is 0 Å². The van der Waals surface area contributed by atoms with E-state index < -0.39 is 9.84 Å². The van der Waals surface area contributed by atoms with Crippen LogP contribution in [0.1, 0.15) is 18.4 Å². The molecule has 2 heterocycles. The quantitative estimate of drug-likeness (QED) is 0.247. The van der Waals surface area contributed by atoms with Crippen molar-refractivity contribution in [1.29, 1.82) is 0 Å². The number of likely N-dealkylation sites (tertiary alicyclic amines) is 1. The van der Waals surface area contributed by atoms with Crippen LogP contribution in [0.4, 0.5) is 0 Å². The summed E-state index contributed by atoms with van der Waals surface area (Å²) < 4.78 is 30.1. The molecular weight excluding hydrogens is 503 g/mol. The number of halogens is 1. The molecule has 1 atom stereocenters. The van der Waals surface area contributed by atoms with E-state index in [0.29, 0.717) is 19.0 Å². The predicted molar refractivity (Wildman–Crippen MR) is 128 cm³/mol. The van der Waals surface area contributed by atoms with Gasteiger partial charge in [-0.15, -0.1) is 24.0 Å². The first-order valence-electron chi connectivity index (χ1n) is 10.1. The van der Waals surface area contributed by atoms with E-state index in [-0.39, 0.29) is 35.5 Å². The van der Waals surface area contributed by atoms with Crippen molar-refractivity contribution in [2.45, 2.75) is 24.6 Å². The number of rotatable bonds is 7. The van der Waals surface area contributed by atoms with Crippen LogP contribution in [0, 0.1) is 0 Å². The van der Waals surface area contributed by atoms with Crippen LogP contribution in [0.2, 0.25) is 0 Å². The molecule has 2 aliphatic rings. The lowest BCUT2D eigenvalue weighted by Crippen LogP contribution is -2.46. The minimum Gasteiger partial charge on any atom is -0.379 e. The van der Waals surface area contributed by atoms with Gasteiger partial charge in [0.05, 0.1) is 24.7 Å². The van der Waals surface area contributed by atoms with Crippen LogP contribution in [0.15, 0.2) is 35.3 Å². The number of nitrogens with zero attached hydrogens (tertiary/aromatic N) is 3. The van der Waals surface area contributed by atoms with Crippen molar-refractivity contribution in [3.8, 4) is 0 Å². The Labute approximate surface area is 191 Å². The summed E-state index contributed by atoms with van der Waals surface area (Å²) in [6, 6.07) is 9.90. The fraction of sp³-hybridized carbons (Fsp3) is 0.650. The Hall–Kier alpha value is -0.910. The SMILES string of the molecule is CN=C(NCCCS(=O)(=O)Cc1ccccc1)N1CCC(N2CCOCC2)C1.I. The van der Waals surface area contributed by atoms with Gasteiger partial charge in [0.25, 0.3) is 0 Å². The van der Waals surface area contributed by atoms with E-state index in [2.05, 4.69) is 20.1 Å². The largest absolute Gasteiger partial charge is 0.379 e. The number of hydrogen-bond acceptors (Lipinski definition) is 5. The standard InChI is InChI=1S/C20H32N4O3S.HI/c1-21-20(24-10-8-19(16-24)23-11-13-27-14-12-23)22-9-5-15-28(25,26)17-18-6-3-2-4-7-18;/h2-4,6-7,19H,5,8-17H2,1H3,(H,21,22);1H. The van der Waals surface area contributed by atoms with Gasteiger partial charge in [0.1, 0.15) is 0 Å². The summed E-state index contributed by atoms with van der Waals surface area (Å²) in [7, 11) is -1.31. The molecule has 2 saturated heterocycles. The third-order valence-corrected chi connectivity index (χ3v) is 7.07. The van der Waals surface area contributed by atoms with Crippen LogP contribution >= 0.6 is 24.0 Å². The van der Waals surface area contributed by atoms with E-state index in [4.69, 9.17) is 4.74 Å². The third-order valence-electron chi connectivity index (χ3n) is 5.38. The molecule has 0 radical (unpaired) electrons. The van der Waals surface area contributed by atoms with Gasteiger partial charge in [-0.25, -0.2) is 8.42 Å². The second kappa shape index (κ2) is 12.1. The van der Waals surface area contributed by atoms with E-state index >= 15 is 0 Å². The lowest BCUT2D eigenvalue weighted by atomic mass is 10.2. The molecule has 1 aromatic carbocycles. The van der Waals surface area contributed by atoms with E-state index in [1.165, 1.54) is 0 Å². The summed E-state index contributed by atoms with van der Waals surface area (Å²) in [6.45, 7) is 6.20. The normalized spacial score (nSPS) is 21.1. The van der Waals surface area contributed by atoms with Gasteiger partial charge in [0.15, 0.2) is 15.8 Å². The summed E-state index contributed by atoms with van der Waals surface area (Å²) in [4.78, 5) is 9.17. The lowest BCUT2D eigenvalue weighted by molar-refractivity contribution is 0.0195. The number of morpholine rings is 1. The Kier molecular flexibility index (Phi) is 10.1. The maximum absolute atomic E-state index is 12.3. The maximum atomic E-state index is 12.3. The molecule has 0 bridgehead atoms. The van der Waals surface area contributed by atoms with Crippen molar-refractivity contribution in [3.05, 3.63) is 35.9 Å². The molecule has 7 nitrogen and oxygen atoms in total. The van der Waals surface area contributed by atoms with Crippen molar-refractivity contribution < 1.29 is 13.2 Å². The Morgan fingerprint density at radius 1 is 1.21 bits per heavy atom. The number of benzene rings is 1. The van der Waals surface area contributed by atoms with Crippen LogP contribution in [-0.4, -0.2) is 89.0 Å². The highest BCUT2D eigenvalue weighted by molar-refractivity contribution is 14.0. The average Bonchev–Trinajstić information content (AvgIpc) is 3.19. The number of hydrogen-bond donors (Lipinski definition) is 1. The zero-order valence-electron chi connectivity index (χ0n) is 17.1. The molecule has 0 spiro atoms. The van der Waals surface area contributed by atoms with Crippen LogP contribution in [0.25, 0.3) is 0 Å². The Morgan fingerprint density at radius 2 is 1.93 bits per heavy atom. The molecule has 1 aromatic rings. The Morgan fingerprint density at radius 3 is 2.62 bits per heavy atom. The van der Waals surface area contributed by atoms with Crippen molar-refractivity contribution in [2.24, 2.45) is 4.99 Å². The summed E-state index contributed by atoms with van der Waals surface area (Å²) >= 11 is 0. The van der Waals surface area contributed by atoms with Gasteiger partial charge in [0, 0.05) is 45.8 Å². The molecule has 0 saturated carbocycles. The molecular formula is C20H33IN4O3S. The molecule has 0 amide bonds. The van der Waals surface area contributed by atoms with Crippen molar-refractivity contribution in [2.75, 3.05) is 58.7 Å². The van der Waals surface area contributed by atoms with Gasteiger partial charge in [-0.05, 0) is 18.4 Å². The molecule has 2 aliphatic heterocycles. The number of guanidine groups is 1. The maximum Gasteiger partial charge on any atom is 0.193 e. The molecule has 3 rings (SSSR count). The summed E-state index contributed by atoms with van der Waals surface area (Å²) in [5, 5.41) is 3.34. The lowest BCUT2D eigenvalue weighted by Gasteiger charge is -2.32. The number of aliphatic imine (C=N–C) groups is 1. The minimum absolute atomic E-state index is 0. The highest BCUT2D eigenvalue weighted by Crippen LogP contribution is 2.17. The zero-order chi connectivity index (χ0) is 19.8. The molecule has 0 aliphatic carbocycles. The first-order valence-corrected chi connectivity index (χ1v) is 11.9. The van der Waals surface area contributed by atoms with Gasteiger partial charge in [-0.2, -0.15) is 0 Å². The van der Waals surface area contributed by atoms with Gasteiger partial charge < -0.3 is 15.0 Å². The second-order valence-corrected chi connectivity index (χ2v) is 9.63. The Bertz CT molecular complexity index is 739. The number of sulfone groups is 1. The average molecular weight is 536 g/mol. The summed E-state index contributed by atoms with van der Waals surface area (Å²) in [6.07, 6.45) is 1.71. The van der Waals surface area contributed by atoms with E-state index in [1.807, 2.05) is 30.3 Å². The summed E-state index contributed by atoms with van der Waals surface area (Å²) in [5.41, 5.74) is 0.845. The smallest absolute Gasteiger partial charge is 0.193 e. The van der Waals surface area contributed by atoms with Crippen LogP contribution < -0.4 is 5.32 Å². The molecule has 0 aromatic heterocycles. The predicted octanol–water partition coefficient (Wildman–Crippen LogP) is 1.59. The zero-order valence-corrected chi connectivity index (χ0v) is 20.3. The fourth-order valence-corrected chi connectivity index (χ4v) is 5.33. The Balaban J connectivity index is 0.00000300. The minimum atomic E-state index is -3.09.